The molecule has 0 heterocycles. The molecule has 0 bridgehead atoms. The van der Waals surface area contributed by atoms with Crippen molar-refractivity contribution in [2.75, 3.05) is 0 Å². The fourth-order valence-corrected chi connectivity index (χ4v) is 2.82. The van der Waals surface area contributed by atoms with Gasteiger partial charge in [0.25, 0.3) is 0 Å². The molecule has 0 aliphatic rings. The van der Waals surface area contributed by atoms with Crippen LogP contribution in [-0.4, -0.2) is 89.1 Å². The molecular formula is H9Na2O11P3. The number of hydrogen-bond donors (Lipinski definition) is 5. The first kappa shape index (κ1) is 26.8. The van der Waals surface area contributed by atoms with Crippen LogP contribution in [0.4, 0.5) is 0 Å². The molecule has 16 heavy (non-hydrogen) atoms. The Kier molecular flexibility index (Phi) is 15.6. The van der Waals surface area contributed by atoms with Crippen LogP contribution in [-0.2, 0) is 22.3 Å². The van der Waals surface area contributed by atoms with Gasteiger partial charge in [-0.05, 0) is 0 Å². The standard InChI is InChI=1S/2Na.H5O10P3.H2O.2H/c;;1-11(2,3)9-13(7,8)10-12(4,5)6;;;/h;;(H,7,8)(H2,1,2,3)(H2,4,5,6);1H2;;. The van der Waals surface area contributed by atoms with Gasteiger partial charge in [-0.15, -0.1) is 0 Å². The summed E-state index contributed by atoms with van der Waals surface area (Å²) >= 11 is 0. The van der Waals surface area contributed by atoms with Gasteiger partial charge in [0.1, 0.15) is 0 Å². The van der Waals surface area contributed by atoms with Crippen LogP contribution in [0.25, 0.3) is 0 Å². The van der Waals surface area contributed by atoms with Crippen molar-refractivity contribution in [2.45, 2.75) is 0 Å². The average Bonchev–Trinajstić information content (AvgIpc) is 1.43. The molecule has 0 rings (SSSR count). The molecule has 0 aromatic rings. The normalized spacial score (nSPS) is 11.8. The molecule has 0 saturated carbocycles. The fourth-order valence-electron chi connectivity index (χ4n) is 0.284. The Bertz CT molecular complexity index is 281. The quantitative estimate of drug-likeness (QED) is 0.265. The summed E-state index contributed by atoms with van der Waals surface area (Å²) in [7, 11) is -16.2. The Morgan fingerprint density at radius 1 is 0.688 bits per heavy atom. The van der Waals surface area contributed by atoms with Gasteiger partial charge in [0.05, 0.1) is 0 Å². The second-order valence-electron chi connectivity index (χ2n) is 1.61. The van der Waals surface area contributed by atoms with E-state index in [1.165, 1.54) is 0 Å². The first-order valence-electron chi connectivity index (χ1n) is 2.28. The number of hydrogen-bond acceptors (Lipinski definition) is 5. The first-order valence-corrected chi connectivity index (χ1v) is 6.83. The maximum atomic E-state index is 10.4. The summed E-state index contributed by atoms with van der Waals surface area (Å²) in [6.45, 7) is 0. The Morgan fingerprint density at radius 2 is 0.875 bits per heavy atom. The SMILES string of the molecule is O.O=P(O)(O)OP(=O)(O)OP(=O)(O)O.[NaH].[NaH]. The molecular weight excluding hydrogens is 315 g/mol. The van der Waals surface area contributed by atoms with E-state index < -0.39 is 23.5 Å². The molecule has 0 unspecified atom stereocenters. The Hall–Kier alpha value is 2.37. The molecule has 0 saturated heterocycles. The molecule has 0 radical (unpaired) electrons. The molecule has 92 valence electrons. The van der Waals surface area contributed by atoms with E-state index in [2.05, 4.69) is 8.62 Å². The zero-order chi connectivity index (χ0) is 10.9. The predicted molar refractivity (Wildman–Crippen MR) is 54.0 cm³/mol. The molecule has 16 heteroatoms. The molecule has 0 atom stereocenters. The number of rotatable bonds is 4. The van der Waals surface area contributed by atoms with E-state index in [1.54, 1.807) is 0 Å². The van der Waals surface area contributed by atoms with Gasteiger partial charge in [0.2, 0.25) is 0 Å². The molecule has 0 aromatic heterocycles. The molecule has 0 spiro atoms. The zero-order valence-electron chi connectivity index (χ0n) is 6.12. The van der Waals surface area contributed by atoms with Gasteiger partial charge in [-0.1, -0.05) is 0 Å². The van der Waals surface area contributed by atoms with Gasteiger partial charge in [-0.3, -0.25) is 0 Å². The second kappa shape index (κ2) is 9.30. The van der Waals surface area contributed by atoms with E-state index in [9.17, 15) is 13.7 Å². The van der Waals surface area contributed by atoms with Crippen LogP contribution in [0, 0.1) is 0 Å². The van der Waals surface area contributed by atoms with Crippen molar-refractivity contribution in [3.05, 3.63) is 0 Å². The van der Waals surface area contributed by atoms with Crippen LogP contribution in [0.3, 0.4) is 0 Å². The summed E-state index contributed by atoms with van der Waals surface area (Å²) < 4.78 is 36.4. The number of phosphoric acid groups is 3. The third kappa shape index (κ3) is 18.7. The fraction of sp³-hybridized carbons (Fsp3) is 0. The molecule has 11 nitrogen and oxygen atoms in total. The van der Waals surface area contributed by atoms with Gasteiger partial charge in [-0.2, -0.15) is 8.62 Å². The zero-order valence-corrected chi connectivity index (χ0v) is 8.80. The van der Waals surface area contributed by atoms with Crippen LogP contribution in [0.15, 0.2) is 0 Å². The molecule has 0 aliphatic carbocycles. The van der Waals surface area contributed by atoms with Crippen molar-refractivity contribution in [2.24, 2.45) is 0 Å². The second-order valence-corrected chi connectivity index (χ2v) is 5.82. The van der Waals surface area contributed by atoms with Crippen molar-refractivity contribution in [3.8, 4) is 0 Å². The van der Waals surface area contributed by atoms with Crippen molar-refractivity contribution in [3.63, 3.8) is 0 Å². The van der Waals surface area contributed by atoms with Gasteiger partial charge < -0.3 is 29.9 Å². The summed E-state index contributed by atoms with van der Waals surface area (Å²) in [6.07, 6.45) is 0. The summed E-state index contributed by atoms with van der Waals surface area (Å²) in [5.74, 6) is 0. The van der Waals surface area contributed by atoms with E-state index in [4.69, 9.17) is 24.5 Å². The van der Waals surface area contributed by atoms with Crippen LogP contribution >= 0.6 is 23.5 Å². The molecule has 7 N–H and O–H groups in total. The topological polar surface area (TPSA) is 202 Å². The summed E-state index contributed by atoms with van der Waals surface area (Å²) in [4.78, 5) is 40.2. The Morgan fingerprint density at radius 3 is 1.00 bits per heavy atom. The van der Waals surface area contributed by atoms with Crippen LogP contribution < -0.4 is 0 Å². The molecule has 0 fully saturated rings. The first-order chi connectivity index (χ1) is 5.41. The molecule has 0 aromatic carbocycles. The van der Waals surface area contributed by atoms with Gasteiger partial charge >= 0.3 is 82.6 Å². The van der Waals surface area contributed by atoms with Crippen molar-refractivity contribution < 1.29 is 52.3 Å². The van der Waals surface area contributed by atoms with Crippen LogP contribution in [0.2, 0.25) is 0 Å². The van der Waals surface area contributed by atoms with E-state index in [0.29, 0.717) is 0 Å². The molecule has 0 amide bonds. The minimum absolute atomic E-state index is 0. The van der Waals surface area contributed by atoms with Gasteiger partial charge in [-0.25, -0.2) is 13.7 Å². The third-order valence-corrected chi connectivity index (χ3v) is 3.77. The minimum atomic E-state index is -5.46. The van der Waals surface area contributed by atoms with Crippen LogP contribution in [0.5, 0.6) is 0 Å². The summed E-state index contributed by atoms with van der Waals surface area (Å²) in [5, 5.41) is 0. The van der Waals surface area contributed by atoms with Crippen molar-refractivity contribution >= 4 is 82.6 Å². The van der Waals surface area contributed by atoms with E-state index in [0.717, 1.165) is 0 Å². The Labute approximate surface area is 134 Å². The van der Waals surface area contributed by atoms with Gasteiger partial charge in [0.15, 0.2) is 0 Å². The third-order valence-electron chi connectivity index (χ3n) is 0.419. The monoisotopic (exact) mass is 324 g/mol. The Balaban J connectivity index is -0.000000240. The van der Waals surface area contributed by atoms with Gasteiger partial charge in [0, 0.05) is 0 Å². The summed E-state index contributed by atoms with van der Waals surface area (Å²) in [6, 6.07) is 0. The average molecular weight is 324 g/mol. The van der Waals surface area contributed by atoms with Crippen molar-refractivity contribution in [1.82, 2.24) is 0 Å². The van der Waals surface area contributed by atoms with E-state index >= 15 is 0 Å². The predicted octanol–water partition coefficient (Wildman–Crippen LogP) is -2.82. The van der Waals surface area contributed by atoms with E-state index in [-0.39, 0.29) is 64.6 Å². The molecule has 0 aliphatic heterocycles. The van der Waals surface area contributed by atoms with E-state index in [1.807, 2.05) is 0 Å². The maximum absolute atomic E-state index is 10.4. The van der Waals surface area contributed by atoms with Crippen molar-refractivity contribution in [1.29, 1.82) is 0 Å². The summed E-state index contributed by atoms with van der Waals surface area (Å²) in [5.41, 5.74) is 0. The van der Waals surface area contributed by atoms with Crippen LogP contribution in [0.1, 0.15) is 0 Å².